The van der Waals surface area contributed by atoms with Gasteiger partial charge in [0, 0.05) is 13.1 Å². The second-order valence-electron chi connectivity index (χ2n) is 3.43. The minimum Gasteiger partial charge on any atom is -0.490 e. The second-order valence-corrected chi connectivity index (χ2v) is 4.92. The number of benzene rings is 1. The Labute approximate surface area is 106 Å². The summed E-state index contributed by atoms with van der Waals surface area (Å²) in [7, 11) is -1.08. The van der Waals surface area contributed by atoms with Crippen molar-refractivity contribution in [2.24, 2.45) is 0 Å². The Kier molecular flexibility index (Phi) is 5.94. The summed E-state index contributed by atoms with van der Waals surface area (Å²) < 4.78 is 19.4. The largest absolute Gasteiger partial charge is 0.490 e. The fraction of sp³-hybridized carbons (Fsp3) is 0.385. The molecular formula is C13H19NO2S. The quantitative estimate of drug-likeness (QED) is 0.699. The summed E-state index contributed by atoms with van der Waals surface area (Å²) in [6, 6.07) is 7.35. The molecule has 0 aliphatic rings. The maximum atomic E-state index is 12.1. The molecule has 94 valence electrons. The molecule has 3 nitrogen and oxygen atoms in total. The molecule has 0 radical (unpaired) electrons. The van der Waals surface area contributed by atoms with Gasteiger partial charge in [0.2, 0.25) is 0 Å². The number of ether oxygens (including phenoxy) is 1. The van der Waals surface area contributed by atoms with E-state index >= 15 is 0 Å². The van der Waals surface area contributed by atoms with Gasteiger partial charge in [-0.05, 0) is 24.3 Å². The molecule has 0 saturated heterocycles. The van der Waals surface area contributed by atoms with E-state index in [0.29, 0.717) is 6.61 Å². The maximum absolute atomic E-state index is 12.1. The van der Waals surface area contributed by atoms with E-state index in [4.69, 9.17) is 4.74 Å². The van der Waals surface area contributed by atoms with Gasteiger partial charge in [-0.2, -0.15) is 0 Å². The molecule has 0 aromatic heterocycles. The number of nitrogens with zero attached hydrogens (tertiary/aromatic N) is 1. The van der Waals surface area contributed by atoms with E-state index in [1.54, 1.807) is 6.08 Å². The standard InChI is InChI=1S/C13H19NO2S/c1-4-11-16-12-7-9-13(10-8-12)17(15)14(5-2)6-3/h4,7-10H,1,5-6,11H2,2-3H3. The van der Waals surface area contributed by atoms with E-state index in [9.17, 15) is 4.21 Å². The van der Waals surface area contributed by atoms with Crippen molar-refractivity contribution in [3.05, 3.63) is 36.9 Å². The summed E-state index contributed by atoms with van der Waals surface area (Å²) in [5, 5.41) is 0. The van der Waals surface area contributed by atoms with Gasteiger partial charge in [-0.1, -0.05) is 26.5 Å². The lowest BCUT2D eigenvalue weighted by Crippen LogP contribution is -2.25. The van der Waals surface area contributed by atoms with Crippen molar-refractivity contribution in [2.45, 2.75) is 18.7 Å². The molecule has 0 heterocycles. The Hall–Kier alpha value is -1.13. The van der Waals surface area contributed by atoms with E-state index < -0.39 is 11.0 Å². The lowest BCUT2D eigenvalue weighted by Gasteiger charge is -2.16. The Bertz CT molecular complexity index is 372. The Morgan fingerprint density at radius 3 is 2.35 bits per heavy atom. The first-order valence-corrected chi connectivity index (χ1v) is 6.84. The van der Waals surface area contributed by atoms with Gasteiger partial charge in [-0.25, -0.2) is 8.51 Å². The van der Waals surface area contributed by atoms with Gasteiger partial charge in [0.25, 0.3) is 0 Å². The first kappa shape index (κ1) is 13.9. The molecule has 0 fully saturated rings. The molecule has 0 bridgehead atoms. The van der Waals surface area contributed by atoms with Gasteiger partial charge < -0.3 is 4.74 Å². The lowest BCUT2D eigenvalue weighted by atomic mass is 10.3. The number of rotatable bonds is 7. The smallest absolute Gasteiger partial charge is 0.127 e. The third kappa shape index (κ3) is 3.98. The zero-order valence-electron chi connectivity index (χ0n) is 10.4. The molecule has 0 aliphatic heterocycles. The minimum absolute atomic E-state index is 0.485. The Morgan fingerprint density at radius 1 is 1.29 bits per heavy atom. The van der Waals surface area contributed by atoms with Crippen molar-refractivity contribution >= 4 is 11.0 Å². The van der Waals surface area contributed by atoms with E-state index in [0.717, 1.165) is 23.7 Å². The highest BCUT2D eigenvalue weighted by molar-refractivity contribution is 7.82. The van der Waals surface area contributed by atoms with Crippen molar-refractivity contribution in [3.8, 4) is 5.75 Å². The van der Waals surface area contributed by atoms with Crippen molar-refractivity contribution in [2.75, 3.05) is 19.7 Å². The number of hydrogen-bond acceptors (Lipinski definition) is 2. The molecule has 4 heteroatoms. The molecule has 1 atom stereocenters. The van der Waals surface area contributed by atoms with Crippen LogP contribution in [0.25, 0.3) is 0 Å². The first-order chi connectivity index (χ1) is 8.22. The van der Waals surface area contributed by atoms with Crippen LogP contribution in [0.5, 0.6) is 5.75 Å². The van der Waals surface area contributed by atoms with Crippen molar-refractivity contribution in [3.63, 3.8) is 0 Å². The topological polar surface area (TPSA) is 29.5 Å². The van der Waals surface area contributed by atoms with Gasteiger partial charge in [0.05, 0.1) is 4.90 Å². The molecule has 17 heavy (non-hydrogen) atoms. The molecule has 1 rings (SSSR count). The summed E-state index contributed by atoms with van der Waals surface area (Å²) in [6.45, 7) is 9.63. The van der Waals surface area contributed by atoms with Gasteiger partial charge in [-0.3, -0.25) is 0 Å². The van der Waals surface area contributed by atoms with E-state index in [1.807, 2.05) is 42.4 Å². The summed E-state index contributed by atoms with van der Waals surface area (Å²) in [4.78, 5) is 0.805. The van der Waals surface area contributed by atoms with Crippen LogP contribution in [0.15, 0.2) is 41.8 Å². The molecule has 0 amide bonds. The molecule has 1 aromatic rings. The molecule has 0 saturated carbocycles. The van der Waals surface area contributed by atoms with Gasteiger partial charge in [-0.15, -0.1) is 0 Å². The van der Waals surface area contributed by atoms with Crippen LogP contribution in [-0.2, 0) is 11.0 Å². The summed E-state index contributed by atoms with van der Waals surface area (Å²) in [6.07, 6.45) is 1.70. The van der Waals surface area contributed by atoms with Crippen LogP contribution < -0.4 is 4.74 Å². The SMILES string of the molecule is C=CCOc1ccc(S(=O)N(CC)CC)cc1. The highest BCUT2D eigenvalue weighted by Crippen LogP contribution is 2.16. The maximum Gasteiger partial charge on any atom is 0.127 e. The van der Waals surface area contributed by atoms with E-state index in [1.165, 1.54) is 0 Å². The van der Waals surface area contributed by atoms with Crippen LogP contribution in [0.2, 0.25) is 0 Å². The summed E-state index contributed by atoms with van der Waals surface area (Å²) in [5.74, 6) is 0.769. The lowest BCUT2D eigenvalue weighted by molar-refractivity contribution is 0.363. The van der Waals surface area contributed by atoms with Crippen LogP contribution in [0, 0.1) is 0 Å². The highest BCUT2D eigenvalue weighted by Gasteiger charge is 2.11. The average Bonchev–Trinajstić information content (AvgIpc) is 2.38. The zero-order chi connectivity index (χ0) is 12.7. The third-order valence-corrected chi connectivity index (χ3v) is 3.99. The van der Waals surface area contributed by atoms with Crippen molar-refractivity contribution < 1.29 is 8.95 Å². The monoisotopic (exact) mass is 253 g/mol. The van der Waals surface area contributed by atoms with Crippen LogP contribution in [0.4, 0.5) is 0 Å². The zero-order valence-corrected chi connectivity index (χ0v) is 11.2. The highest BCUT2D eigenvalue weighted by atomic mass is 32.2. The Balaban J connectivity index is 2.72. The molecule has 0 spiro atoms. The predicted molar refractivity (Wildman–Crippen MR) is 71.5 cm³/mol. The molecule has 0 aliphatic carbocycles. The van der Waals surface area contributed by atoms with Crippen LogP contribution in [0.3, 0.4) is 0 Å². The Morgan fingerprint density at radius 2 is 1.88 bits per heavy atom. The van der Waals surface area contributed by atoms with Crippen LogP contribution in [-0.4, -0.2) is 28.2 Å². The van der Waals surface area contributed by atoms with Gasteiger partial charge >= 0.3 is 0 Å². The molecule has 1 aromatic carbocycles. The fourth-order valence-electron chi connectivity index (χ4n) is 1.41. The third-order valence-electron chi connectivity index (χ3n) is 2.33. The van der Waals surface area contributed by atoms with E-state index in [2.05, 4.69) is 6.58 Å². The minimum atomic E-state index is -1.08. The van der Waals surface area contributed by atoms with Gasteiger partial charge in [0.15, 0.2) is 0 Å². The van der Waals surface area contributed by atoms with Crippen LogP contribution >= 0.6 is 0 Å². The fourth-order valence-corrected chi connectivity index (χ4v) is 2.55. The summed E-state index contributed by atoms with van der Waals surface area (Å²) >= 11 is 0. The second kappa shape index (κ2) is 7.25. The average molecular weight is 253 g/mol. The van der Waals surface area contributed by atoms with Gasteiger partial charge in [0.1, 0.15) is 23.3 Å². The summed E-state index contributed by atoms with van der Waals surface area (Å²) in [5.41, 5.74) is 0. The molecular weight excluding hydrogens is 234 g/mol. The molecule has 1 unspecified atom stereocenters. The van der Waals surface area contributed by atoms with Crippen LogP contribution in [0.1, 0.15) is 13.8 Å². The van der Waals surface area contributed by atoms with Crippen molar-refractivity contribution in [1.82, 2.24) is 4.31 Å². The van der Waals surface area contributed by atoms with E-state index in [-0.39, 0.29) is 0 Å². The first-order valence-electron chi connectivity index (χ1n) is 5.73. The van der Waals surface area contributed by atoms with Crippen molar-refractivity contribution in [1.29, 1.82) is 0 Å². The number of hydrogen-bond donors (Lipinski definition) is 0. The molecule has 0 N–H and O–H groups in total. The normalized spacial score (nSPS) is 12.4. The predicted octanol–water partition coefficient (Wildman–Crippen LogP) is 2.62.